The molecule has 3 saturated heterocycles. The molecular weight excluding hydrogens is 236 g/mol. The summed E-state index contributed by atoms with van der Waals surface area (Å²) in [4.78, 5) is 8.06. The normalized spacial score (nSPS) is 38.8. The highest BCUT2D eigenvalue weighted by molar-refractivity contribution is 4.99. The van der Waals surface area contributed by atoms with Crippen LogP contribution in [0.2, 0.25) is 0 Å². The molecule has 0 amide bonds. The Kier molecular flexibility index (Phi) is 4.13. The van der Waals surface area contributed by atoms with E-state index in [9.17, 15) is 0 Å². The molecule has 0 aliphatic carbocycles. The summed E-state index contributed by atoms with van der Waals surface area (Å²) in [5, 5.41) is 3.49. The van der Waals surface area contributed by atoms with Crippen LogP contribution in [-0.4, -0.2) is 86.2 Å². The minimum absolute atomic E-state index is 0.706. The lowest BCUT2D eigenvalue weighted by Crippen LogP contribution is -2.66. The van der Waals surface area contributed by atoms with Crippen LogP contribution < -0.4 is 5.32 Å². The number of piperidine rings is 2. The Morgan fingerprint density at radius 3 is 2.05 bits per heavy atom. The van der Waals surface area contributed by atoms with Gasteiger partial charge in [0, 0.05) is 76.3 Å². The Hall–Kier alpha value is -0.160. The zero-order valence-corrected chi connectivity index (χ0v) is 12.8. The van der Waals surface area contributed by atoms with Gasteiger partial charge in [0.2, 0.25) is 0 Å². The highest BCUT2D eigenvalue weighted by Gasteiger charge is 2.44. The van der Waals surface area contributed by atoms with Gasteiger partial charge < -0.3 is 15.1 Å². The number of nitrogens with zero attached hydrogens (tertiary/aromatic N) is 3. The first kappa shape index (κ1) is 13.8. The third-order valence-corrected chi connectivity index (χ3v) is 5.30. The summed E-state index contributed by atoms with van der Waals surface area (Å²) in [5.74, 6) is 1.69. The molecule has 19 heavy (non-hydrogen) atoms. The first-order valence-electron chi connectivity index (χ1n) is 8.02. The SMILES string of the molecule is CC(C)N1CC2CN(C)CC(C1)C2N1CCNCC1. The minimum Gasteiger partial charge on any atom is -0.314 e. The number of nitrogens with one attached hydrogen (secondary N) is 1. The summed E-state index contributed by atoms with van der Waals surface area (Å²) in [6.07, 6.45) is 0. The van der Waals surface area contributed by atoms with Crippen molar-refractivity contribution in [3.63, 3.8) is 0 Å². The molecule has 0 aromatic heterocycles. The van der Waals surface area contributed by atoms with Crippen molar-refractivity contribution in [1.82, 2.24) is 20.0 Å². The minimum atomic E-state index is 0.706. The Balaban J connectivity index is 1.73. The van der Waals surface area contributed by atoms with Gasteiger partial charge >= 0.3 is 0 Å². The van der Waals surface area contributed by atoms with Gasteiger partial charge in [-0.1, -0.05) is 0 Å². The molecule has 3 fully saturated rings. The number of rotatable bonds is 2. The molecule has 2 atom stereocenters. The highest BCUT2D eigenvalue weighted by atomic mass is 15.3. The fourth-order valence-electron chi connectivity index (χ4n) is 4.48. The van der Waals surface area contributed by atoms with Crippen molar-refractivity contribution in [2.45, 2.75) is 25.9 Å². The largest absolute Gasteiger partial charge is 0.314 e. The second kappa shape index (κ2) is 5.68. The van der Waals surface area contributed by atoms with E-state index in [0.717, 1.165) is 17.9 Å². The van der Waals surface area contributed by atoms with E-state index < -0.39 is 0 Å². The van der Waals surface area contributed by atoms with Crippen molar-refractivity contribution in [2.24, 2.45) is 11.8 Å². The van der Waals surface area contributed by atoms with Crippen LogP contribution in [0.5, 0.6) is 0 Å². The second-order valence-corrected chi connectivity index (χ2v) is 7.07. The lowest BCUT2D eigenvalue weighted by molar-refractivity contribution is -0.0561. The molecule has 0 spiro atoms. The molecule has 3 aliphatic rings. The van der Waals surface area contributed by atoms with Crippen molar-refractivity contribution in [1.29, 1.82) is 0 Å². The summed E-state index contributed by atoms with van der Waals surface area (Å²) >= 11 is 0. The zero-order valence-electron chi connectivity index (χ0n) is 12.8. The van der Waals surface area contributed by atoms with Gasteiger partial charge in [-0.25, -0.2) is 0 Å². The average Bonchev–Trinajstić information content (AvgIpc) is 2.37. The van der Waals surface area contributed by atoms with E-state index in [-0.39, 0.29) is 0 Å². The average molecular weight is 266 g/mol. The summed E-state index contributed by atoms with van der Waals surface area (Å²) in [6.45, 7) is 14.7. The van der Waals surface area contributed by atoms with Crippen LogP contribution in [0.25, 0.3) is 0 Å². The van der Waals surface area contributed by atoms with Gasteiger partial charge in [-0.15, -0.1) is 0 Å². The zero-order chi connectivity index (χ0) is 13.4. The molecule has 3 rings (SSSR count). The van der Waals surface area contributed by atoms with Crippen LogP contribution in [0.3, 0.4) is 0 Å². The van der Waals surface area contributed by atoms with E-state index in [1.165, 1.54) is 52.4 Å². The Bertz CT molecular complexity index is 285. The summed E-state index contributed by atoms with van der Waals surface area (Å²) in [6, 6.07) is 1.55. The molecule has 0 radical (unpaired) electrons. The molecule has 110 valence electrons. The predicted octanol–water partition coefficient (Wildman–Crippen LogP) is 0.162. The van der Waals surface area contributed by atoms with E-state index >= 15 is 0 Å². The number of piperazine rings is 1. The summed E-state index contributed by atoms with van der Waals surface area (Å²) < 4.78 is 0. The van der Waals surface area contributed by atoms with Crippen LogP contribution in [0.1, 0.15) is 13.8 Å². The molecule has 2 unspecified atom stereocenters. The summed E-state index contributed by atoms with van der Waals surface area (Å²) in [5.41, 5.74) is 0. The van der Waals surface area contributed by atoms with E-state index in [0.29, 0.717) is 6.04 Å². The number of likely N-dealkylation sites (tertiary alicyclic amines) is 2. The smallest absolute Gasteiger partial charge is 0.0202 e. The van der Waals surface area contributed by atoms with Crippen LogP contribution in [0.4, 0.5) is 0 Å². The van der Waals surface area contributed by atoms with Crippen molar-refractivity contribution in [2.75, 3.05) is 59.4 Å². The van der Waals surface area contributed by atoms with E-state index in [2.05, 4.69) is 40.9 Å². The molecule has 3 aliphatic heterocycles. The first-order chi connectivity index (χ1) is 9.15. The number of hydrogen-bond acceptors (Lipinski definition) is 4. The predicted molar refractivity (Wildman–Crippen MR) is 79.4 cm³/mol. The third kappa shape index (κ3) is 2.82. The molecule has 4 nitrogen and oxygen atoms in total. The van der Waals surface area contributed by atoms with Gasteiger partial charge in [-0.2, -0.15) is 0 Å². The van der Waals surface area contributed by atoms with E-state index in [1.807, 2.05) is 0 Å². The van der Waals surface area contributed by atoms with Crippen LogP contribution in [-0.2, 0) is 0 Å². The monoisotopic (exact) mass is 266 g/mol. The molecular formula is C15H30N4. The van der Waals surface area contributed by atoms with Gasteiger partial charge in [0.05, 0.1) is 0 Å². The highest BCUT2D eigenvalue weighted by Crippen LogP contribution is 2.33. The maximum absolute atomic E-state index is 3.49. The van der Waals surface area contributed by atoms with Gasteiger partial charge in [0.15, 0.2) is 0 Å². The van der Waals surface area contributed by atoms with E-state index in [1.54, 1.807) is 0 Å². The Morgan fingerprint density at radius 2 is 1.53 bits per heavy atom. The van der Waals surface area contributed by atoms with Gasteiger partial charge in [-0.05, 0) is 20.9 Å². The van der Waals surface area contributed by atoms with Crippen molar-refractivity contribution in [3.8, 4) is 0 Å². The number of fused-ring (bicyclic) bond motifs is 2. The maximum atomic E-state index is 3.49. The lowest BCUT2D eigenvalue weighted by atomic mass is 9.78. The Labute approximate surface area is 118 Å². The Morgan fingerprint density at radius 1 is 0.947 bits per heavy atom. The molecule has 0 aromatic carbocycles. The second-order valence-electron chi connectivity index (χ2n) is 7.07. The third-order valence-electron chi connectivity index (χ3n) is 5.30. The fraction of sp³-hybridized carbons (Fsp3) is 1.00. The van der Waals surface area contributed by atoms with Crippen molar-refractivity contribution >= 4 is 0 Å². The van der Waals surface area contributed by atoms with Gasteiger partial charge in [0.25, 0.3) is 0 Å². The summed E-state index contributed by atoms with van der Waals surface area (Å²) in [7, 11) is 2.30. The molecule has 4 heteroatoms. The first-order valence-corrected chi connectivity index (χ1v) is 8.02. The molecule has 3 heterocycles. The lowest BCUT2D eigenvalue weighted by Gasteiger charge is -2.55. The van der Waals surface area contributed by atoms with Crippen LogP contribution >= 0.6 is 0 Å². The van der Waals surface area contributed by atoms with Gasteiger partial charge in [-0.3, -0.25) is 4.90 Å². The maximum Gasteiger partial charge on any atom is 0.0202 e. The van der Waals surface area contributed by atoms with Crippen molar-refractivity contribution < 1.29 is 0 Å². The van der Waals surface area contributed by atoms with Crippen LogP contribution in [0.15, 0.2) is 0 Å². The van der Waals surface area contributed by atoms with Crippen molar-refractivity contribution in [3.05, 3.63) is 0 Å². The van der Waals surface area contributed by atoms with Gasteiger partial charge in [0.1, 0.15) is 0 Å². The van der Waals surface area contributed by atoms with E-state index in [4.69, 9.17) is 0 Å². The molecule has 0 aromatic rings. The molecule has 1 N–H and O–H groups in total. The standard InChI is InChI=1S/C15H30N4/c1-12(2)19-10-13-8-17(3)9-14(11-19)15(13)18-6-4-16-5-7-18/h12-16H,4-11H2,1-3H3. The molecule has 0 saturated carbocycles. The number of hydrogen-bond donors (Lipinski definition) is 1. The molecule has 2 bridgehead atoms. The van der Waals surface area contributed by atoms with Crippen LogP contribution in [0, 0.1) is 11.8 Å². The quantitative estimate of drug-likeness (QED) is 0.769. The fourth-order valence-corrected chi connectivity index (χ4v) is 4.48. The topological polar surface area (TPSA) is 21.8 Å².